The molecule has 0 aliphatic carbocycles. The third kappa shape index (κ3) is 1.58. The fourth-order valence-corrected chi connectivity index (χ4v) is 3.44. The lowest BCUT2D eigenvalue weighted by atomic mass is 9.89. The zero-order chi connectivity index (χ0) is 13.9. The van der Waals surface area contributed by atoms with Gasteiger partial charge in [-0.25, -0.2) is 0 Å². The number of hydrogen-bond acceptors (Lipinski definition) is 4. The van der Waals surface area contributed by atoms with E-state index in [4.69, 9.17) is 16.3 Å². The molecule has 3 heterocycles. The Hall–Kier alpha value is -1.65. The van der Waals surface area contributed by atoms with Gasteiger partial charge in [0.05, 0.1) is 12.2 Å². The molecular weight excluding hydrogens is 276 g/mol. The maximum Gasteiger partial charge on any atom is 0.157 e. The molecule has 2 bridgehead atoms. The van der Waals surface area contributed by atoms with Crippen molar-refractivity contribution in [1.29, 1.82) is 0 Å². The van der Waals surface area contributed by atoms with Gasteiger partial charge in [0.1, 0.15) is 11.4 Å². The standard InChI is InChI=1S/C15H13ClN2O2/c1-7-2-3-8(9(19)6-7)14-12-10-4-5-11(20-10)13(12)15(16)18-17-14/h2-3,6,10-11,19H,4-5H2,1H3. The van der Waals surface area contributed by atoms with Crippen LogP contribution in [0.3, 0.4) is 0 Å². The lowest BCUT2D eigenvalue weighted by Gasteiger charge is -2.16. The first kappa shape index (κ1) is 12.1. The average molecular weight is 289 g/mol. The van der Waals surface area contributed by atoms with Gasteiger partial charge in [-0.3, -0.25) is 0 Å². The zero-order valence-corrected chi connectivity index (χ0v) is 11.7. The summed E-state index contributed by atoms with van der Waals surface area (Å²) in [6.45, 7) is 1.94. The van der Waals surface area contributed by atoms with Crippen molar-refractivity contribution in [3.8, 4) is 17.0 Å². The Morgan fingerprint density at radius 2 is 1.95 bits per heavy atom. The van der Waals surface area contributed by atoms with Gasteiger partial charge in [-0.05, 0) is 37.5 Å². The number of phenolic OH excluding ortho intramolecular Hbond substituents is 1. The van der Waals surface area contributed by atoms with Crippen LogP contribution in [-0.4, -0.2) is 15.3 Å². The summed E-state index contributed by atoms with van der Waals surface area (Å²) in [6.07, 6.45) is 2.00. The molecule has 2 unspecified atom stereocenters. The first-order valence-electron chi connectivity index (χ1n) is 6.66. The number of phenols is 1. The smallest absolute Gasteiger partial charge is 0.157 e. The van der Waals surface area contributed by atoms with Crippen LogP contribution in [0.25, 0.3) is 11.3 Å². The molecule has 1 fully saturated rings. The summed E-state index contributed by atoms with van der Waals surface area (Å²) < 4.78 is 5.90. The number of aromatic nitrogens is 2. The van der Waals surface area contributed by atoms with Crippen molar-refractivity contribution in [3.63, 3.8) is 0 Å². The van der Waals surface area contributed by atoms with Crippen molar-refractivity contribution >= 4 is 11.6 Å². The molecule has 0 radical (unpaired) electrons. The van der Waals surface area contributed by atoms with Gasteiger partial charge in [-0.2, -0.15) is 0 Å². The summed E-state index contributed by atoms with van der Waals surface area (Å²) >= 11 is 6.17. The first-order chi connectivity index (χ1) is 9.65. The molecule has 1 N–H and O–H groups in total. The topological polar surface area (TPSA) is 55.2 Å². The van der Waals surface area contributed by atoms with E-state index >= 15 is 0 Å². The van der Waals surface area contributed by atoms with Crippen LogP contribution in [0.15, 0.2) is 18.2 Å². The van der Waals surface area contributed by atoms with Crippen LogP contribution in [0.4, 0.5) is 0 Å². The molecule has 1 aromatic carbocycles. The van der Waals surface area contributed by atoms with E-state index in [1.54, 1.807) is 6.07 Å². The second-order valence-corrected chi connectivity index (χ2v) is 5.74. The van der Waals surface area contributed by atoms with Crippen LogP contribution in [-0.2, 0) is 4.74 Å². The summed E-state index contributed by atoms with van der Waals surface area (Å²) in [7, 11) is 0. The van der Waals surface area contributed by atoms with Crippen molar-refractivity contribution in [2.24, 2.45) is 0 Å². The Labute approximate surface area is 121 Å². The quantitative estimate of drug-likeness (QED) is 0.869. The highest BCUT2D eigenvalue weighted by atomic mass is 35.5. The minimum atomic E-state index is 0.0266. The molecule has 2 atom stereocenters. The second kappa shape index (κ2) is 4.17. The summed E-state index contributed by atoms with van der Waals surface area (Å²) in [6, 6.07) is 5.55. The Morgan fingerprint density at radius 3 is 2.70 bits per heavy atom. The van der Waals surface area contributed by atoms with Crippen molar-refractivity contribution < 1.29 is 9.84 Å². The van der Waals surface area contributed by atoms with E-state index in [9.17, 15) is 5.11 Å². The highest BCUT2D eigenvalue weighted by Gasteiger charge is 2.42. The van der Waals surface area contributed by atoms with Crippen LogP contribution in [0.1, 0.15) is 41.7 Å². The molecule has 4 rings (SSSR count). The van der Waals surface area contributed by atoms with Gasteiger partial charge in [0.2, 0.25) is 0 Å². The Morgan fingerprint density at radius 1 is 1.20 bits per heavy atom. The van der Waals surface area contributed by atoms with Crippen LogP contribution < -0.4 is 0 Å². The molecule has 0 amide bonds. The lowest BCUT2D eigenvalue weighted by Crippen LogP contribution is -2.05. The highest BCUT2D eigenvalue weighted by molar-refractivity contribution is 6.30. The van der Waals surface area contributed by atoms with Gasteiger partial charge >= 0.3 is 0 Å². The normalized spacial score (nSPS) is 23.1. The van der Waals surface area contributed by atoms with Crippen LogP contribution in [0.2, 0.25) is 5.15 Å². The molecule has 2 aliphatic rings. The number of aryl methyl sites for hydroxylation is 1. The number of fused-ring (bicyclic) bond motifs is 5. The summed E-state index contributed by atoms with van der Waals surface area (Å²) in [5, 5.41) is 18.8. The third-order valence-electron chi connectivity index (χ3n) is 4.08. The maximum atomic E-state index is 10.2. The molecule has 2 aliphatic heterocycles. The van der Waals surface area contributed by atoms with Gasteiger partial charge in [0.15, 0.2) is 5.15 Å². The average Bonchev–Trinajstić information content (AvgIpc) is 3.02. The van der Waals surface area contributed by atoms with E-state index in [0.717, 1.165) is 29.5 Å². The van der Waals surface area contributed by atoms with E-state index < -0.39 is 0 Å². The number of halogens is 1. The lowest BCUT2D eigenvalue weighted by molar-refractivity contribution is 0.0718. The number of nitrogens with zero attached hydrogens (tertiary/aromatic N) is 2. The number of rotatable bonds is 1. The Bertz CT molecular complexity index is 717. The molecule has 0 saturated carbocycles. The van der Waals surface area contributed by atoms with E-state index in [1.807, 2.05) is 19.1 Å². The molecule has 2 aromatic rings. The number of hydrogen-bond donors (Lipinski definition) is 1. The van der Waals surface area contributed by atoms with E-state index in [0.29, 0.717) is 16.4 Å². The number of benzene rings is 1. The number of ether oxygens (including phenoxy) is 1. The van der Waals surface area contributed by atoms with Crippen molar-refractivity contribution in [3.05, 3.63) is 40.0 Å². The monoisotopic (exact) mass is 288 g/mol. The Kier molecular flexibility index (Phi) is 2.53. The van der Waals surface area contributed by atoms with E-state index in [-0.39, 0.29) is 18.0 Å². The van der Waals surface area contributed by atoms with Crippen molar-refractivity contribution in [1.82, 2.24) is 10.2 Å². The minimum absolute atomic E-state index is 0.0266. The van der Waals surface area contributed by atoms with Crippen molar-refractivity contribution in [2.75, 3.05) is 0 Å². The van der Waals surface area contributed by atoms with Gasteiger partial charge in [0, 0.05) is 16.7 Å². The van der Waals surface area contributed by atoms with Gasteiger partial charge in [0.25, 0.3) is 0 Å². The molecule has 102 valence electrons. The minimum Gasteiger partial charge on any atom is -0.507 e. The largest absolute Gasteiger partial charge is 0.507 e. The molecule has 20 heavy (non-hydrogen) atoms. The molecular formula is C15H13ClN2O2. The molecule has 0 spiro atoms. The zero-order valence-electron chi connectivity index (χ0n) is 10.9. The van der Waals surface area contributed by atoms with Crippen LogP contribution >= 0.6 is 11.6 Å². The predicted octanol–water partition coefficient (Wildman–Crippen LogP) is 3.72. The van der Waals surface area contributed by atoms with Gasteiger partial charge in [-0.1, -0.05) is 17.7 Å². The van der Waals surface area contributed by atoms with Gasteiger partial charge < -0.3 is 9.84 Å². The first-order valence-corrected chi connectivity index (χ1v) is 7.04. The molecule has 5 heteroatoms. The predicted molar refractivity (Wildman–Crippen MR) is 74.7 cm³/mol. The summed E-state index contributed by atoms with van der Waals surface area (Å²) in [5.41, 5.74) is 4.33. The fourth-order valence-electron chi connectivity index (χ4n) is 3.18. The van der Waals surface area contributed by atoms with E-state index in [2.05, 4.69) is 10.2 Å². The van der Waals surface area contributed by atoms with Crippen LogP contribution in [0, 0.1) is 6.92 Å². The number of aromatic hydroxyl groups is 1. The summed E-state index contributed by atoms with van der Waals surface area (Å²) in [4.78, 5) is 0. The SMILES string of the molecule is Cc1ccc(-c2nnc(Cl)c3c2C2CCC3O2)c(O)c1. The summed E-state index contributed by atoms with van der Waals surface area (Å²) in [5.74, 6) is 0.214. The highest BCUT2D eigenvalue weighted by Crippen LogP contribution is 2.55. The van der Waals surface area contributed by atoms with Crippen LogP contribution in [0.5, 0.6) is 5.75 Å². The Balaban J connectivity index is 1.96. The van der Waals surface area contributed by atoms with Crippen molar-refractivity contribution in [2.45, 2.75) is 32.0 Å². The molecule has 1 saturated heterocycles. The fraction of sp³-hybridized carbons (Fsp3) is 0.333. The third-order valence-corrected chi connectivity index (χ3v) is 4.36. The second-order valence-electron chi connectivity index (χ2n) is 5.38. The van der Waals surface area contributed by atoms with E-state index in [1.165, 1.54) is 0 Å². The molecule has 4 nitrogen and oxygen atoms in total. The van der Waals surface area contributed by atoms with Gasteiger partial charge in [-0.15, -0.1) is 10.2 Å². The molecule has 1 aromatic heterocycles. The maximum absolute atomic E-state index is 10.2.